The molecule has 0 N–H and O–H groups in total. The first-order valence-electron chi connectivity index (χ1n) is 5.03. The molecule has 0 aliphatic carbocycles. The van der Waals surface area contributed by atoms with Gasteiger partial charge >= 0.3 is 0 Å². The molecule has 5 nitrogen and oxygen atoms in total. The molecule has 1 aromatic heterocycles. The van der Waals surface area contributed by atoms with E-state index in [0.717, 1.165) is 0 Å². The van der Waals surface area contributed by atoms with Crippen molar-refractivity contribution < 1.29 is 19.2 Å². The Morgan fingerprint density at radius 1 is 1.41 bits per heavy atom. The number of carboxylic acid groups (broad SMARTS) is 1. The number of nitrogens with zero attached hydrogens (tertiary/aromatic N) is 1. The van der Waals surface area contributed by atoms with Gasteiger partial charge in [-0.3, -0.25) is 0 Å². The van der Waals surface area contributed by atoms with Gasteiger partial charge in [0.2, 0.25) is 0 Å². The number of carbonyl (C=O) groups is 1. The third-order valence-electron chi connectivity index (χ3n) is 2.30. The SMILES string of the molecule is Cc1onc(C(=O)[O-])c1COc1ccccc1. The first-order valence-corrected chi connectivity index (χ1v) is 5.03. The van der Waals surface area contributed by atoms with Crippen molar-refractivity contribution >= 4 is 5.97 Å². The number of hydrogen-bond acceptors (Lipinski definition) is 5. The van der Waals surface area contributed by atoms with E-state index in [9.17, 15) is 9.90 Å². The zero-order valence-corrected chi connectivity index (χ0v) is 9.17. The lowest BCUT2D eigenvalue weighted by molar-refractivity contribution is -0.255. The molecule has 2 aromatic rings. The van der Waals surface area contributed by atoms with Crippen molar-refractivity contribution in [2.75, 3.05) is 0 Å². The van der Waals surface area contributed by atoms with Gasteiger partial charge in [0, 0.05) is 0 Å². The zero-order valence-electron chi connectivity index (χ0n) is 9.17. The van der Waals surface area contributed by atoms with Gasteiger partial charge in [0.05, 0.1) is 11.5 Å². The monoisotopic (exact) mass is 232 g/mol. The second-order valence-corrected chi connectivity index (χ2v) is 3.46. The van der Waals surface area contributed by atoms with Crippen LogP contribution in [0.2, 0.25) is 0 Å². The van der Waals surface area contributed by atoms with Crippen LogP contribution < -0.4 is 9.84 Å². The predicted octanol–water partition coefficient (Wildman–Crippen LogP) is 0.926. The summed E-state index contributed by atoms with van der Waals surface area (Å²) >= 11 is 0. The number of carbonyl (C=O) groups excluding carboxylic acids is 1. The average Bonchev–Trinajstić information content (AvgIpc) is 2.69. The molecule has 5 heteroatoms. The Bertz CT molecular complexity index is 519. The Kier molecular flexibility index (Phi) is 3.09. The number of hydrogen-bond donors (Lipinski definition) is 0. The van der Waals surface area contributed by atoms with E-state index in [4.69, 9.17) is 9.26 Å². The van der Waals surface area contributed by atoms with Crippen molar-refractivity contribution in [3.05, 3.63) is 47.3 Å². The number of para-hydroxylation sites is 1. The normalized spacial score (nSPS) is 10.2. The van der Waals surface area contributed by atoms with Crippen LogP contribution in [0, 0.1) is 6.92 Å². The highest BCUT2D eigenvalue weighted by atomic mass is 16.5. The number of ether oxygens (including phenoxy) is 1. The van der Waals surface area contributed by atoms with E-state index < -0.39 is 5.97 Å². The molecule has 0 aliphatic heterocycles. The Labute approximate surface area is 97.6 Å². The van der Waals surface area contributed by atoms with Crippen molar-refractivity contribution in [2.45, 2.75) is 13.5 Å². The van der Waals surface area contributed by atoms with E-state index in [0.29, 0.717) is 17.1 Å². The van der Waals surface area contributed by atoms with Crippen molar-refractivity contribution in [3.8, 4) is 5.75 Å². The first kappa shape index (κ1) is 11.2. The molecule has 0 spiro atoms. The highest BCUT2D eigenvalue weighted by Gasteiger charge is 2.14. The van der Waals surface area contributed by atoms with Crippen LogP contribution in [0.25, 0.3) is 0 Å². The van der Waals surface area contributed by atoms with Gasteiger partial charge < -0.3 is 19.2 Å². The summed E-state index contributed by atoms with van der Waals surface area (Å²) in [6.07, 6.45) is 0. The van der Waals surface area contributed by atoms with Crippen molar-refractivity contribution in [1.82, 2.24) is 5.16 Å². The second kappa shape index (κ2) is 4.69. The molecule has 17 heavy (non-hydrogen) atoms. The first-order chi connectivity index (χ1) is 8.18. The summed E-state index contributed by atoms with van der Waals surface area (Å²) < 4.78 is 10.2. The van der Waals surface area contributed by atoms with E-state index >= 15 is 0 Å². The summed E-state index contributed by atoms with van der Waals surface area (Å²) in [6.45, 7) is 1.71. The van der Waals surface area contributed by atoms with Gasteiger partial charge in [-0.15, -0.1) is 0 Å². The minimum Gasteiger partial charge on any atom is -0.543 e. The van der Waals surface area contributed by atoms with Gasteiger partial charge in [-0.25, -0.2) is 0 Å². The summed E-state index contributed by atoms with van der Waals surface area (Å²) in [5, 5.41) is 14.2. The van der Waals surface area contributed by atoms with E-state index in [1.807, 2.05) is 18.2 Å². The molecule has 0 radical (unpaired) electrons. The molecule has 88 valence electrons. The molecule has 0 fully saturated rings. The van der Waals surface area contributed by atoms with Gasteiger partial charge in [0.25, 0.3) is 0 Å². The van der Waals surface area contributed by atoms with Crippen LogP contribution in [0.1, 0.15) is 21.8 Å². The third kappa shape index (κ3) is 2.44. The van der Waals surface area contributed by atoms with Gasteiger partial charge in [-0.05, 0) is 19.1 Å². The molecule has 0 unspecified atom stereocenters. The number of aromatic nitrogens is 1. The number of rotatable bonds is 4. The summed E-state index contributed by atoms with van der Waals surface area (Å²) in [4.78, 5) is 10.8. The molecule has 1 heterocycles. The number of aromatic carboxylic acids is 1. The predicted molar refractivity (Wildman–Crippen MR) is 56.3 cm³/mol. The number of carboxylic acids is 1. The standard InChI is InChI=1S/C12H11NO4/c1-8-10(11(12(14)15)13-17-8)7-16-9-5-3-2-4-6-9/h2-6H,7H2,1H3,(H,14,15)/p-1. The van der Waals surface area contributed by atoms with Crippen LogP contribution in [0.15, 0.2) is 34.9 Å². The maximum absolute atomic E-state index is 10.8. The van der Waals surface area contributed by atoms with Crippen molar-refractivity contribution in [3.63, 3.8) is 0 Å². The molecule has 0 saturated carbocycles. The lowest BCUT2D eigenvalue weighted by atomic mass is 10.2. The quantitative estimate of drug-likeness (QED) is 0.783. The highest BCUT2D eigenvalue weighted by Crippen LogP contribution is 2.16. The molecule has 0 amide bonds. The summed E-state index contributed by atoms with van der Waals surface area (Å²) in [6, 6.07) is 9.08. The Balaban J connectivity index is 2.14. The smallest absolute Gasteiger partial charge is 0.140 e. The number of benzene rings is 1. The van der Waals surface area contributed by atoms with Gasteiger partial charge in [0.1, 0.15) is 23.8 Å². The third-order valence-corrected chi connectivity index (χ3v) is 2.30. The molecule has 2 rings (SSSR count). The number of aryl methyl sites for hydroxylation is 1. The molecule has 0 atom stereocenters. The highest BCUT2D eigenvalue weighted by molar-refractivity contribution is 5.85. The maximum atomic E-state index is 10.8. The van der Waals surface area contributed by atoms with E-state index in [2.05, 4.69) is 5.16 Å². The topological polar surface area (TPSA) is 75.4 Å². The Morgan fingerprint density at radius 2 is 2.12 bits per heavy atom. The lowest BCUT2D eigenvalue weighted by Crippen LogP contribution is -2.24. The lowest BCUT2D eigenvalue weighted by Gasteiger charge is -2.06. The fraction of sp³-hybridized carbons (Fsp3) is 0.167. The van der Waals surface area contributed by atoms with Gasteiger partial charge in [-0.1, -0.05) is 23.4 Å². The summed E-state index contributed by atoms with van der Waals surface area (Å²) in [7, 11) is 0. The van der Waals surface area contributed by atoms with Crippen LogP contribution >= 0.6 is 0 Å². The van der Waals surface area contributed by atoms with E-state index in [-0.39, 0.29) is 12.3 Å². The van der Waals surface area contributed by atoms with E-state index in [1.165, 1.54) is 0 Å². The molecule has 1 aromatic carbocycles. The van der Waals surface area contributed by atoms with Crippen LogP contribution in [-0.4, -0.2) is 11.1 Å². The van der Waals surface area contributed by atoms with Gasteiger partial charge in [0.15, 0.2) is 0 Å². The minimum atomic E-state index is -1.37. The fourth-order valence-electron chi connectivity index (χ4n) is 1.39. The molecule has 0 bridgehead atoms. The second-order valence-electron chi connectivity index (χ2n) is 3.46. The van der Waals surface area contributed by atoms with Gasteiger partial charge in [-0.2, -0.15) is 0 Å². The van der Waals surface area contributed by atoms with Crippen molar-refractivity contribution in [1.29, 1.82) is 0 Å². The van der Waals surface area contributed by atoms with Crippen LogP contribution in [0.5, 0.6) is 5.75 Å². The largest absolute Gasteiger partial charge is 0.543 e. The maximum Gasteiger partial charge on any atom is 0.140 e. The minimum absolute atomic E-state index is 0.0860. The molecular weight excluding hydrogens is 222 g/mol. The van der Waals surface area contributed by atoms with Crippen LogP contribution in [-0.2, 0) is 6.61 Å². The van der Waals surface area contributed by atoms with Crippen LogP contribution in [0.4, 0.5) is 0 Å². The van der Waals surface area contributed by atoms with E-state index in [1.54, 1.807) is 19.1 Å². The summed E-state index contributed by atoms with van der Waals surface area (Å²) in [5.74, 6) is -0.300. The Hall–Kier alpha value is -2.30. The van der Waals surface area contributed by atoms with Crippen molar-refractivity contribution in [2.24, 2.45) is 0 Å². The molecule has 0 saturated heterocycles. The zero-order chi connectivity index (χ0) is 12.3. The molecular formula is C12H10NO4-. The Morgan fingerprint density at radius 3 is 2.76 bits per heavy atom. The fourth-order valence-corrected chi connectivity index (χ4v) is 1.39. The average molecular weight is 232 g/mol. The molecule has 0 aliphatic rings. The summed E-state index contributed by atoms with van der Waals surface area (Å²) in [5.41, 5.74) is 0.187. The van der Waals surface area contributed by atoms with Crippen LogP contribution in [0.3, 0.4) is 0 Å².